The molecule has 1 saturated heterocycles. The normalized spacial score (nSPS) is 15.3. The van der Waals surface area contributed by atoms with Gasteiger partial charge in [-0.2, -0.15) is 4.98 Å². The predicted molar refractivity (Wildman–Crippen MR) is 118 cm³/mol. The van der Waals surface area contributed by atoms with Gasteiger partial charge in [-0.25, -0.2) is 0 Å². The number of carbonyl (C=O) groups is 1. The first-order valence-corrected chi connectivity index (χ1v) is 10.6. The summed E-state index contributed by atoms with van der Waals surface area (Å²) in [6.45, 7) is 6.03. The number of aromatic nitrogens is 2. The summed E-state index contributed by atoms with van der Waals surface area (Å²) in [5.41, 5.74) is 3.84. The van der Waals surface area contributed by atoms with Gasteiger partial charge in [-0.1, -0.05) is 47.1 Å². The summed E-state index contributed by atoms with van der Waals surface area (Å²) in [6, 6.07) is 13.5. The number of hydrogen-bond donors (Lipinski definition) is 1. The molecule has 2 heterocycles. The Hall–Kier alpha value is -2.70. The van der Waals surface area contributed by atoms with Gasteiger partial charge in [0.15, 0.2) is 0 Å². The minimum atomic E-state index is 0.0182. The minimum absolute atomic E-state index is 0.0182. The molecule has 1 aromatic heterocycles. The van der Waals surface area contributed by atoms with Crippen molar-refractivity contribution >= 4 is 23.2 Å². The van der Waals surface area contributed by atoms with Crippen LogP contribution in [0.4, 0.5) is 5.69 Å². The van der Waals surface area contributed by atoms with E-state index < -0.39 is 0 Å². The molecule has 0 saturated carbocycles. The van der Waals surface area contributed by atoms with E-state index in [2.05, 4.69) is 20.4 Å². The first kappa shape index (κ1) is 20.6. The minimum Gasteiger partial charge on any atom is -0.339 e. The van der Waals surface area contributed by atoms with Gasteiger partial charge in [0.1, 0.15) is 0 Å². The van der Waals surface area contributed by atoms with Gasteiger partial charge in [0.2, 0.25) is 17.6 Å². The second kappa shape index (κ2) is 8.98. The number of hydrogen-bond acceptors (Lipinski definition) is 5. The van der Waals surface area contributed by atoms with Crippen molar-refractivity contribution in [2.45, 2.75) is 32.6 Å². The van der Waals surface area contributed by atoms with Crippen molar-refractivity contribution in [3.05, 3.63) is 64.5 Å². The monoisotopic (exact) mass is 424 g/mol. The van der Waals surface area contributed by atoms with E-state index in [1.54, 1.807) is 0 Å². The summed E-state index contributed by atoms with van der Waals surface area (Å²) in [5, 5.41) is 7.77. The van der Waals surface area contributed by atoms with Gasteiger partial charge < -0.3 is 9.84 Å². The molecule has 1 fully saturated rings. The second-order valence-corrected chi connectivity index (χ2v) is 8.21. The molecule has 2 aromatic carbocycles. The molecule has 3 aromatic rings. The molecule has 0 spiro atoms. The fraction of sp³-hybridized carbons (Fsp3) is 0.348. The highest BCUT2D eigenvalue weighted by Gasteiger charge is 2.26. The van der Waals surface area contributed by atoms with Crippen LogP contribution in [0, 0.1) is 13.8 Å². The maximum absolute atomic E-state index is 12.5. The molecular formula is C23H25ClN4O2. The largest absolute Gasteiger partial charge is 0.339 e. The number of piperidine rings is 1. The number of nitrogens with one attached hydrogen (secondary N) is 1. The molecule has 1 N–H and O–H groups in total. The average molecular weight is 425 g/mol. The van der Waals surface area contributed by atoms with Crippen molar-refractivity contribution in [1.29, 1.82) is 0 Å². The summed E-state index contributed by atoms with van der Waals surface area (Å²) in [6.07, 6.45) is 1.75. The van der Waals surface area contributed by atoms with Crippen LogP contribution in [0.1, 0.15) is 35.8 Å². The third-order valence-corrected chi connectivity index (χ3v) is 5.94. The lowest BCUT2D eigenvalue weighted by Gasteiger charge is -2.29. The molecule has 6 nitrogen and oxygen atoms in total. The van der Waals surface area contributed by atoms with Crippen LogP contribution in [0.5, 0.6) is 0 Å². The standard InChI is InChI=1S/C23H25ClN4O2/c1-15-6-5-7-16(2)21(15)25-20(29)14-28-12-10-17(11-13-28)23-26-22(27-30-23)18-8-3-4-9-19(18)24/h3-9,17H,10-14H2,1-2H3,(H,25,29). The van der Waals surface area contributed by atoms with E-state index in [0.717, 1.165) is 48.3 Å². The predicted octanol–water partition coefficient (Wildman–Crippen LogP) is 4.82. The number of nitrogens with zero attached hydrogens (tertiary/aromatic N) is 3. The van der Waals surface area contributed by atoms with Gasteiger partial charge in [-0.15, -0.1) is 0 Å². The van der Waals surface area contributed by atoms with Crippen molar-refractivity contribution in [3.8, 4) is 11.4 Å². The third-order valence-electron chi connectivity index (χ3n) is 5.61. The van der Waals surface area contributed by atoms with Crippen LogP contribution in [0.3, 0.4) is 0 Å². The summed E-state index contributed by atoms with van der Waals surface area (Å²) >= 11 is 6.23. The van der Waals surface area contributed by atoms with Gasteiger partial charge in [0, 0.05) is 17.2 Å². The molecule has 0 bridgehead atoms. The number of anilines is 1. The molecule has 1 aliphatic rings. The van der Waals surface area contributed by atoms with Gasteiger partial charge in [-0.3, -0.25) is 9.69 Å². The maximum atomic E-state index is 12.5. The highest BCUT2D eigenvalue weighted by molar-refractivity contribution is 6.33. The lowest BCUT2D eigenvalue weighted by atomic mass is 9.97. The van der Waals surface area contributed by atoms with Crippen LogP contribution in [0.15, 0.2) is 47.0 Å². The molecule has 156 valence electrons. The first-order chi connectivity index (χ1) is 14.5. The lowest BCUT2D eigenvalue weighted by molar-refractivity contribution is -0.117. The van der Waals surface area contributed by atoms with Gasteiger partial charge in [0.25, 0.3) is 0 Å². The zero-order valence-corrected chi connectivity index (χ0v) is 17.9. The number of rotatable bonds is 5. The molecule has 1 amide bonds. The van der Waals surface area contributed by atoms with Gasteiger partial charge in [-0.05, 0) is 63.0 Å². The molecular weight excluding hydrogens is 400 g/mol. The molecule has 0 radical (unpaired) electrons. The molecule has 30 heavy (non-hydrogen) atoms. The summed E-state index contributed by atoms with van der Waals surface area (Å²) in [7, 11) is 0. The Morgan fingerprint density at radius 2 is 1.83 bits per heavy atom. The number of para-hydroxylation sites is 1. The van der Waals surface area contributed by atoms with Crippen LogP contribution in [0.2, 0.25) is 5.02 Å². The average Bonchev–Trinajstić information content (AvgIpc) is 3.22. The Labute approximate surface area is 181 Å². The van der Waals surface area contributed by atoms with E-state index in [9.17, 15) is 4.79 Å². The smallest absolute Gasteiger partial charge is 0.238 e. The van der Waals surface area contributed by atoms with E-state index in [0.29, 0.717) is 23.3 Å². The first-order valence-electron chi connectivity index (χ1n) is 10.2. The topological polar surface area (TPSA) is 71.3 Å². The van der Waals surface area contributed by atoms with Crippen LogP contribution in [-0.4, -0.2) is 40.6 Å². The van der Waals surface area contributed by atoms with Crippen molar-refractivity contribution < 1.29 is 9.32 Å². The van der Waals surface area contributed by atoms with E-state index >= 15 is 0 Å². The highest BCUT2D eigenvalue weighted by Crippen LogP contribution is 2.30. The van der Waals surface area contributed by atoms with Crippen LogP contribution in [-0.2, 0) is 4.79 Å². The molecule has 4 rings (SSSR count). The van der Waals surface area contributed by atoms with Crippen molar-refractivity contribution in [2.75, 3.05) is 25.0 Å². The van der Waals surface area contributed by atoms with Gasteiger partial charge in [0.05, 0.1) is 11.6 Å². The third kappa shape index (κ3) is 4.55. The number of aryl methyl sites for hydroxylation is 2. The van der Waals surface area contributed by atoms with E-state index in [1.165, 1.54) is 0 Å². The van der Waals surface area contributed by atoms with Crippen LogP contribution >= 0.6 is 11.6 Å². The number of likely N-dealkylation sites (tertiary alicyclic amines) is 1. The van der Waals surface area contributed by atoms with Crippen LogP contribution in [0.25, 0.3) is 11.4 Å². The Balaban J connectivity index is 1.32. The number of carbonyl (C=O) groups excluding carboxylic acids is 1. The molecule has 0 aliphatic carbocycles. The quantitative estimate of drug-likeness (QED) is 0.635. The zero-order chi connectivity index (χ0) is 21.1. The fourth-order valence-electron chi connectivity index (χ4n) is 3.88. The summed E-state index contributed by atoms with van der Waals surface area (Å²) in [4.78, 5) is 19.3. The van der Waals surface area contributed by atoms with Crippen molar-refractivity contribution in [1.82, 2.24) is 15.0 Å². The lowest BCUT2D eigenvalue weighted by Crippen LogP contribution is -2.39. The number of amides is 1. The van der Waals surface area contributed by atoms with E-state index in [4.69, 9.17) is 16.1 Å². The molecule has 0 atom stereocenters. The van der Waals surface area contributed by atoms with Crippen LogP contribution < -0.4 is 5.32 Å². The maximum Gasteiger partial charge on any atom is 0.238 e. The molecule has 1 aliphatic heterocycles. The molecule has 0 unspecified atom stereocenters. The van der Waals surface area contributed by atoms with Gasteiger partial charge >= 0.3 is 0 Å². The Bertz CT molecular complexity index is 1020. The second-order valence-electron chi connectivity index (χ2n) is 7.80. The van der Waals surface area contributed by atoms with Crippen molar-refractivity contribution in [3.63, 3.8) is 0 Å². The Morgan fingerprint density at radius 3 is 2.53 bits per heavy atom. The Morgan fingerprint density at radius 1 is 1.13 bits per heavy atom. The number of halogens is 1. The fourth-order valence-corrected chi connectivity index (χ4v) is 4.10. The highest BCUT2D eigenvalue weighted by atomic mass is 35.5. The summed E-state index contributed by atoms with van der Waals surface area (Å²) in [5.74, 6) is 1.38. The SMILES string of the molecule is Cc1cccc(C)c1NC(=O)CN1CCC(c2nc(-c3ccccc3Cl)no2)CC1. The molecule has 7 heteroatoms. The Kier molecular flexibility index (Phi) is 6.16. The zero-order valence-electron chi connectivity index (χ0n) is 17.2. The number of benzene rings is 2. The van der Waals surface area contributed by atoms with E-state index in [1.807, 2.05) is 56.3 Å². The van der Waals surface area contributed by atoms with E-state index in [-0.39, 0.29) is 11.8 Å². The summed E-state index contributed by atoms with van der Waals surface area (Å²) < 4.78 is 5.52. The van der Waals surface area contributed by atoms with Crippen molar-refractivity contribution in [2.24, 2.45) is 0 Å².